The van der Waals surface area contributed by atoms with Gasteiger partial charge in [-0.2, -0.15) is 0 Å². The summed E-state index contributed by atoms with van der Waals surface area (Å²) in [5, 5.41) is 11.1. The second-order valence-corrected chi connectivity index (χ2v) is 8.29. The molecule has 0 radical (unpaired) electrons. The van der Waals surface area contributed by atoms with Crippen molar-refractivity contribution >= 4 is 0 Å². The second-order valence-electron chi connectivity index (χ2n) is 8.29. The van der Waals surface area contributed by atoms with Gasteiger partial charge in [0, 0.05) is 11.3 Å². The molecule has 1 aromatic rings. The number of aliphatic hydroxyl groups is 1. The van der Waals surface area contributed by atoms with Crippen molar-refractivity contribution in [2.45, 2.75) is 75.1 Å². The summed E-state index contributed by atoms with van der Waals surface area (Å²) >= 11 is 0. The van der Waals surface area contributed by atoms with Gasteiger partial charge in [-0.1, -0.05) is 49.3 Å². The van der Waals surface area contributed by atoms with Crippen LogP contribution in [0.3, 0.4) is 0 Å². The van der Waals surface area contributed by atoms with Crippen molar-refractivity contribution in [3.63, 3.8) is 0 Å². The summed E-state index contributed by atoms with van der Waals surface area (Å²) in [6.45, 7) is 7.80. The number of rotatable bonds is 5. The van der Waals surface area contributed by atoms with Crippen molar-refractivity contribution in [3.05, 3.63) is 60.7 Å². The molecule has 0 unspecified atom stereocenters. The van der Waals surface area contributed by atoms with Crippen LogP contribution in [0.4, 0.5) is 0 Å². The highest BCUT2D eigenvalue weighted by molar-refractivity contribution is 5.41. The number of hydrogen-bond donors (Lipinski definition) is 1. The highest BCUT2D eigenvalue weighted by Crippen LogP contribution is 2.66. The first-order chi connectivity index (χ1) is 12.2. The lowest BCUT2D eigenvalue weighted by Crippen LogP contribution is -2.58. The first kappa shape index (κ1) is 17.1. The Balaban J connectivity index is 1.86. The molecule has 1 N–H and O–H groups in total. The average Bonchev–Trinajstić information content (AvgIpc) is 2.93. The molecule has 0 amide bonds. The minimum absolute atomic E-state index is 0.0468. The van der Waals surface area contributed by atoms with Crippen LogP contribution in [-0.4, -0.2) is 22.9 Å². The van der Waals surface area contributed by atoms with Crippen LogP contribution in [-0.2, 0) is 11.2 Å². The molecule has 3 aliphatic rings. The Morgan fingerprint density at radius 2 is 2.00 bits per heavy atom. The third-order valence-electron chi connectivity index (χ3n) is 6.99. The number of ether oxygens (including phenoxy) is 1. The number of benzene rings is 1. The minimum Gasteiger partial charge on any atom is -0.392 e. The molecular weight excluding hydrogens is 308 g/mol. The van der Waals surface area contributed by atoms with Gasteiger partial charge >= 0.3 is 0 Å². The largest absolute Gasteiger partial charge is 0.392 e. The predicted molar refractivity (Wildman–Crippen MR) is 102 cm³/mol. The quantitative estimate of drug-likeness (QED) is 0.772. The highest BCUT2D eigenvalue weighted by Gasteiger charge is 2.66. The zero-order valence-corrected chi connectivity index (χ0v) is 15.1. The SMILES string of the molecule is C=CC[C@@H]1C[C@]23CCCC[C@@]2(O1)[C@H]([C@@H](O)CC=C)c1ccccc1C3. The Morgan fingerprint density at radius 3 is 2.80 bits per heavy atom. The maximum absolute atomic E-state index is 11.1. The maximum Gasteiger partial charge on any atom is 0.0839 e. The first-order valence-corrected chi connectivity index (χ1v) is 9.81. The van der Waals surface area contributed by atoms with Crippen LogP contribution in [0.1, 0.15) is 62.0 Å². The van der Waals surface area contributed by atoms with Crippen molar-refractivity contribution < 1.29 is 9.84 Å². The summed E-state index contributed by atoms with van der Waals surface area (Å²) in [5.41, 5.74) is 2.65. The van der Waals surface area contributed by atoms with Gasteiger partial charge in [0.2, 0.25) is 0 Å². The molecule has 5 atom stereocenters. The summed E-state index contributed by atoms with van der Waals surface area (Å²) in [7, 11) is 0. The third kappa shape index (κ3) is 2.45. The van der Waals surface area contributed by atoms with E-state index in [4.69, 9.17) is 4.74 Å². The van der Waals surface area contributed by atoms with Crippen LogP contribution in [0.5, 0.6) is 0 Å². The van der Waals surface area contributed by atoms with E-state index in [0.717, 1.165) is 25.7 Å². The predicted octanol–water partition coefficient (Wildman–Crippen LogP) is 4.93. The molecule has 4 rings (SSSR count). The van der Waals surface area contributed by atoms with E-state index in [1.807, 2.05) is 12.2 Å². The molecule has 134 valence electrons. The van der Waals surface area contributed by atoms with Crippen molar-refractivity contribution in [2.24, 2.45) is 5.41 Å². The molecule has 1 aliphatic heterocycles. The third-order valence-corrected chi connectivity index (χ3v) is 6.99. The molecule has 1 aromatic carbocycles. The first-order valence-electron chi connectivity index (χ1n) is 9.81. The van der Waals surface area contributed by atoms with E-state index in [2.05, 4.69) is 37.4 Å². The van der Waals surface area contributed by atoms with Gasteiger partial charge in [-0.25, -0.2) is 0 Å². The van der Waals surface area contributed by atoms with Gasteiger partial charge in [0.1, 0.15) is 0 Å². The lowest BCUT2D eigenvalue weighted by atomic mass is 9.50. The van der Waals surface area contributed by atoms with E-state index in [9.17, 15) is 5.11 Å². The molecule has 2 fully saturated rings. The van der Waals surface area contributed by atoms with Gasteiger partial charge in [-0.05, 0) is 49.7 Å². The topological polar surface area (TPSA) is 29.5 Å². The monoisotopic (exact) mass is 338 g/mol. The Bertz CT molecular complexity index is 666. The summed E-state index contributed by atoms with van der Waals surface area (Å²) in [5.74, 6) is 0.0468. The molecular formula is C23H30O2. The number of fused-ring (bicyclic) bond motifs is 1. The molecule has 0 bridgehead atoms. The summed E-state index contributed by atoms with van der Waals surface area (Å²) in [4.78, 5) is 0. The highest BCUT2D eigenvalue weighted by atomic mass is 16.5. The van der Waals surface area contributed by atoms with Crippen molar-refractivity contribution in [3.8, 4) is 0 Å². The lowest BCUT2D eigenvalue weighted by Gasteiger charge is -2.57. The fourth-order valence-electron chi connectivity index (χ4n) is 6.19. The van der Waals surface area contributed by atoms with E-state index in [0.29, 0.717) is 6.42 Å². The van der Waals surface area contributed by atoms with E-state index >= 15 is 0 Å². The van der Waals surface area contributed by atoms with Gasteiger partial charge in [0.15, 0.2) is 0 Å². The molecule has 2 nitrogen and oxygen atoms in total. The minimum atomic E-state index is -0.432. The fourth-order valence-corrected chi connectivity index (χ4v) is 6.19. The van der Waals surface area contributed by atoms with E-state index in [1.165, 1.54) is 30.4 Å². The number of hydrogen-bond acceptors (Lipinski definition) is 2. The van der Waals surface area contributed by atoms with Crippen LogP contribution < -0.4 is 0 Å². The zero-order valence-electron chi connectivity index (χ0n) is 15.1. The Hall–Kier alpha value is -1.38. The standard InChI is InChI=1S/C23H30O2/c1-3-9-18-16-22-13-7-8-14-23(22,25-18)21(20(24)10-4-2)19-12-6-5-11-17(19)15-22/h3-6,11-12,18,20-21,24H,1-2,7-10,13-16H2/t18-,20+,21+,22-,23-/m1/s1. The van der Waals surface area contributed by atoms with Crippen molar-refractivity contribution in [1.29, 1.82) is 0 Å². The molecule has 0 spiro atoms. The molecule has 2 aliphatic carbocycles. The van der Waals surface area contributed by atoms with Crippen LogP contribution >= 0.6 is 0 Å². The molecule has 1 heterocycles. The van der Waals surface area contributed by atoms with Crippen LogP contribution in [0.25, 0.3) is 0 Å². The summed E-state index contributed by atoms with van der Waals surface area (Å²) in [6.07, 6.45) is 12.1. The van der Waals surface area contributed by atoms with Crippen molar-refractivity contribution in [1.82, 2.24) is 0 Å². The van der Waals surface area contributed by atoms with Crippen LogP contribution in [0.2, 0.25) is 0 Å². The van der Waals surface area contributed by atoms with Crippen molar-refractivity contribution in [2.75, 3.05) is 0 Å². The normalized spacial score (nSPS) is 37.5. The van der Waals surface area contributed by atoms with Gasteiger partial charge in [-0.3, -0.25) is 0 Å². The molecule has 1 saturated heterocycles. The fraction of sp³-hybridized carbons (Fsp3) is 0.565. The lowest BCUT2D eigenvalue weighted by molar-refractivity contribution is -0.154. The second kappa shape index (κ2) is 6.41. The molecule has 25 heavy (non-hydrogen) atoms. The average molecular weight is 338 g/mol. The van der Waals surface area contributed by atoms with Gasteiger partial charge in [0.25, 0.3) is 0 Å². The van der Waals surface area contributed by atoms with E-state index in [-0.39, 0.29) is 23.0 Å². The van der Waals surface area contributed by atoms with Crippen LogP contribution in [0.15, 0.2) is 49.6 Å². The Kier molecular flexibility index (Phi) is 4.37. The van der Waals surface area contributed by atoms with Gasteiger partial charge in [0.05, 0.1) is 17.8 Å². The van der Waals surface area contributed by atoms with Crippen LogP contribution in [0, 0.1) is 5.41 Å². The maximum atomic E-state index is 11.1. The molecule has 2 heteroatoms. The van der Waals surface area contributed by atoms with E-state index < -0.39 is 6.10 Å². The smallest absolute Gasteiger partial charge is 0.0839 e. The van der Waals surface area contributed by atoms with E-state index in [1.54, 1.807) is 0 Å². The summed E-state index contributed by atoms with van der Waals surface area (Å²) < 4.78 is 6.86. The molecule has 0 aromatic heterocycles. The number of aliphatic hydroxyl groups excluding tert-OH is 1. The molecule has 1 saturated carbocycles. The van der Waals surface area contributed by atoms with Gasteiger partial charge < -0.3 is 9.84 Å². The van der Waals surface area contributed by atoms with Gasteiger partial charge in [-0.15, -0.1) is 13.2 Å². The zero-order chi connectivity index (χ0) is 17.5. The Morgan fingerprint density at radius 1 is 1.20 bits per heavy atom. The summed E-state index contributed by atoms with van der Waals surface area (Å²) in [6, 6.07) is 8.72. The Labute approximate surface area is 151 Å².